The molecule has 0 radical (unpaired) electrons. The number of halogens is 2. The van der Waals surface area contributed by atoms with Gasteiger partial charge in [0.1, 0.15) is 5.82 Å². The van der Waals surface area contributed by atoms with Crippen molar-refractivity contribution in [3.05, 3.63) is 63.4 Å². The zero-order valence-corrected chi connectivity index (χ0v) is 15.2. The van der Waals surface area contributed by atoms with Gasteiger partial charge in [-0.3, -0.25) is 4.79 Å². The summed E-state index contributed by atoms with van der Waals surface area (Å²) in [4.78, 5) is 12.2. The van der Waals surface area contributed by atoms with Gasteiger partial charge in [-0.2, -0.15) is 5.26 Å². The van der Waals surface area contributed by atoms with Crippen LogP contribution in [0.5, 0.6) is 0 Å². The zero-order chi connectivity index (χ0) is 18.7. The van der Waals surface area contributed by atoms with Crippen molar-refractivity contribution in [2.24, 2.45) is 0 Å². The molecule has 1 aliphatic rings. The van der Waals surface area contributed by atoms with Crippen LogP contribution >= 0.6 is 11.6 Å². The highest BCUT2D eigenvalue weighted by atomic mass is 35.5. The molecule has 1 fully saturated rings. The van der Waals surface area contributed by atoms with Crippen molar-refractivity contribution in [1.29, 1.82) is 5.26 Å². The summed E-state index contributed by atoms with van der Waals surface area (Å²) in [6.07, 6.45) is 4.38. The first-order chi connectivity index (χ1) is 12.5. The molecule has 0 spiro atoms. The van der Waals surface area contributed by atoms with Crippen molar-refractivity contribution in [1.82, 2.24) is 5.32 Å². The van der Waals surface area contributed by atoms with E-state index < -0.39 is 5.82 Å². The van der Waals surface area contributed by atoms with Crippen molar-refractivity contribution in [3.8, 4) is 17.2 Å². The van der Waals surface area contributed by atoms with Crippen LogP contribution in [-0.2, 0) is 4.79 Å². The van der Waals surface area contributed by atoms with E-state index >= 15 is 0 Å². The number of carbonyl (C=O) groups is 1. The number of nitriles is 1. The van der Waals surface area contributed by atoms with Crippen LogP contribution in [0.25, 0.3) is 17.2 Å². The van der Waals surface area contributed by atoms with Crippen LogP contribution in [0, 0.1) is 24.1 Å². The predicted molar refractivity (Wildman–Crippen MR) is 101 cm³/mol. The van der Waals surface area contributed by atoms with E-state index in [-0.39, 0.29) is 5.91 Å². The van der Waals surface area contributed by atoms with Crippen molar-refractivity contribution in [3.63, 3.8) is 0 Å². The monoisotopic (exact) mass is 368 g/mol. The second kappa shape index (κ2) is 7.72. The Balaban J connectivity index is 2.15. The van der Waals surface area contributed by atoms with Gasteiger partial charge in [0.15, 0.2) is 0 Å². The van der Waals surface area contributed by atoms with Gasteiger partial charge in [0, 0.05) is 22.7 Å². The molecule has 3 rings (SSSR count). The van der Waals surface area contributed by atoms with Gasteiger partial charge in [0.05, 0.1) is 11.6 Å². The minimum Gasteiger partial charge on any atom is -0.352 e. The quantitative estimate of drug-likeness (QED) is 0.757. The summed E-state index contributed by atoms with van der Waals surface area (Å²) in [5.41, 5.74) is 3.67. The third-order valence-electron chi connectivity index (χ3n) is 4.58. The maximum Gasteiger partial charge on any atom is 0.247 e. The average Bonchev–Trinajstić information content (AvgIpc) is 2.82. The van der Waals surface area contributed by atoms with Crippen LogP contribution in [0.3, 0.4) is 0 Å². The highest BCUT2D eigenvalue weighted by Crippen LogP contribution is 2.32. The second-order valence-electron chi connectivity index (χ2n) is 6.36. The molecule has 1 aliphatic heterocycles. The number of nitrogens with zero attached hydrogens (tertiary/aromatic N) is 1. The molecule has 1 amide bonds. The molecule has 1 saturated heterocycles. The molecule has 0 atom stereocenters. The van der Waals surface area contributed by atoms with Crippen molar-refractivity contribution in [2.75, 3.05) is 6.54 Å². The Morgan fingerprint density at radius 2 is 2.04 bits per heavy atom. The number of rotatable bonds is 2. The van der Waals surface area contributed by atoms with Gasteiger partial charge in [-0.25, -0.2) is 4.39 Å². The molecule has 2 aromatic rings. The van der Waals surface area contributed by atoms with E-state index in [4.69, 9.17) is 11.6 Å². The normalized spacial score (nSPS) is 16.1. The van der Waals surface area contributed by atoms with Crippen LogP contribution in [0.2, 0.25) is 5.02 Å². The second-order valence-corrected chi connectivity index (χ2v) is 6.79. The van der Waals surface area contributed by atoms with E-state index in [1.165, 1.54) is 6.07 Å². The molecule has 1 N–H and O–H groups in total. The third-order valence-corrected chi connectivity index (χ3v) is 4.81. The first-order valence-electron chi connectivity index (χ1n) is 8.48. The van der Waals surface area contributed by atoms with Gasteiger partial charge in [-0.15, -0.1) is 0 Å². The molecule has 0 bridgehead atoms. The Kier molecular flexibility index (Phi) is 5.39. The van der Waals surface area contributed by atoms with Crippen LogP contribution in [0.15, 0.2) is 35.9 Å². The van der Waals surface area contributed by atoms with Crippen molar-refractivity contribution in [2.45, 2.75) is 26.2 Å². The van der Waals surface area contributed by atoms with E-state index in [0.29, 0.717) is 40.3 Å². The predicted octanol–water partition coefficient (Wildman–Crippen LogP) is 5.01. The fraction of sp³-hybridized carbons (Fsp3) is 0.238. The molecule has 0 saturated carbocycles. The Labute approximate surface area is 157 Å². The minimum absolute atomic E-state index is 0.0801. The molecule has 0 unspecified atom stereocenters. The first kappa shape index (κ1) is 18.2. The Hall–Kier alpha value is -2.64. The number of nitrogens with one attached hydrogen (secondary N) is 1. The summed E-state index contributed by atoms with van der Waals surface area (Å²) < 4.78 is 14.4. The fourth-order valence-corrected chi connectivity index (χ4v) is 3.29. The maximum atomic E-state index is 14.4. The smallest absolute Gasteiger partial charge is 0.247 e. The Morgan fingerprint density at radius 1 is 1.23 bits per heavy atom. The average molecular weight is 369 g/mol. The fourth-order valence-electron chi connectivity index (χ4n) is 3.13. The Morgan fingerprint density at radius 3 is 2.77 bits per heavy atom. The summed E-state index contributed by atoms with van der Waals surface area (Å²) in [6, 6.07) is 10.00. The third kappa shape index (κ3) is 3.79. The molecule has 5 heteroatoms. The molecule has 0 aromatic heterocycles. The van der Waals surface area contributed by atoms with Crippen molar-refractivity contribution >= 4 is 23.6 Å². The lowest BCUT2D eigenvalue weighted by Gasteiger charge is -2.13. The first-order valence-corrected chi connectivity index (χ1v) is 8.86. The van der Waals surface area contributed by atoms with E-state index in [0.717, 1.165) is 24.0 Å². The van der Waals surface area contributed by atoms with Crippen LogP contribution in [-0.4, -0.2) is 12.5 Å². The molecule has 2 aromatic carbocycles. The lowest BCUT2D eigenvalue weighted by molar-refractivity contribution is -0.117. The number of hydrogen-bond acceptors (Lipinski definition) is 2. The van der Waals surface area contributed by atoms with Gasteiger partial charge in [-0.05, 0) is 79.3 Å². The van der Waals surface area contributed by atoms with E-state index in [9.17, 15) is 14.4 Å². The van der Waals surface area contributed by atoms with E-state index in [2.05, 4.69) is 11.4 Å². The molecule has 26 heavy (non-hydrogen) atoms. The largest absolute Gasteiger partial charge is 0.352 e. The number of amides is 1. The summed E-state index contributed by atoms with van der Waals surface area (Å²) in [5.74, 6) is -0.523. The van der Waals surface area contributed by atoms with Gasteiger partial charge < -0.3 is 5.32 Å². The maximum absolute atomic E-state index is 14.4. The summed E-state index contributed by atoms with van der Waals surface area (Å²) in [5, 5.41) is 12.6. The number of hydrogen-bond donors (Lipinski definition) is 1. The van der Waals surface area contributed by atoms with Crippen LogP contribution in [0.1, 0.15) is 36.0 Å². The van der Waals surface area contributed by atoms with Gasteiger partial charge in [-0.1, -0.05) is 11.6 Å². The van der Waals surface area contributed by atoms with Crippen molar-refractivity contribution < 1.29 is 9.18 Å². The summed E-state index contributed by atoms with van der Waals surface area (Å²) >= 11 is 5.85. The lowest BCUT2D eigenvalue weighted by Crippen LogP contribution is -2.23. The summed E-state index contributed by atoms with van der Waals surface area (Å²) in [6.45, 7) is 2.54. The number of carbonyl (C=O) groups excluding carboxylic acids is 1. The summed E-state index contributed by atoms with van der Waals surface area (Å²) in [7, 11) is 0. The zero-order valence-electron chi connectivity index (χ0n) is 14.4. The number of benzene rings is 2. The molecule has 3 nitrogen and oxygen atoms in total. The molecule has 1 heterocycles. The molecular weight excluding hydrogens is 351 g/mol. The Bertz CT molecular complexity index is 944. The van der Waals surface area contributed by atoms with Gasteiger partial charge >= 0.3 is 0 Å². The topological polar surface area (TPSA) is 52.9 Å². The van der Waals surface area contributed by atoms with Crippen LogP contribution < -0.4 is 5.32 Å². The minimum atomic E-state index is -0.443. The highest BCUT2D eigenvalue weighted by molar-refractivity contribution is 6.30. The highest BCUT2D eigenvalue weighted by Gasteiger charge is 2.16. The SMILES string of the molecule is Cc1c(/C=C2\CCCCNC2=O)cc(C#N)cc1-c1ccc(Cl)cc1F. The van der Waals surface area contributed by atoms with E-state index in [1.807, 2.05) is 13.0 Å². The van der Waals surface area contributed by atoms with Gasteiger partial charge in [0.2, 0.25) is 5.91 Å². The van der Waals surface area contributed by atoms with Crippen LogP contribution in [0.4, 0.5) is 4.39 Å². The molecule has 132 valence electrons. The standard InChI is InChI=1S/C21H18ClFN2O/c1-13-16(10-15-4-2-3-7-25-21(15)26)8-14(12-24)9-19(13)18-6-5-17(22)11-20(18)23/h5-6,8-11H,2-4,7H2,1H3,(H,25,26)/b15-10+. The van der Waals surface area contributed by atoms with Gasteiger partial charge in [0.25, 0.3) is 0 Å². The molecular formula is C21H18ClFN2O. The van der Waals surface area contributed by atoms with E-state index in [1.54, 1.807) is 24.3 Å². The molecule has 0 aliphatic carbocycles. The lowest BCUT2D eigenvalue weighted by atomic mass is 9.92.